The van der Waals surface area contributed by atoms with Gasteiger partial charge < -0.3 is 19.3 Å². The second-order valence-corrected chi connectivity index (χ2v) is 5.11. The van der Waals surface area contributed by atoms with E-state index in [-0.39, 0.29) is 12.7 Å². The quantitative estimate of drug-likeness (QED) is 0.917. The number of ether oxygens (including phenoxy) is 2. The van der Waals surface area contributed by atoms with E-state index in [2.05, 4.69) is 10.5 Å². The predicted octanol–water partition coefficient (Wildman–Crippen LogP) is 2.25. The minimum absolute atomic E-state index is 0.142. The normalized spacial score (nSPS) is 12.5. The molecule has 116 valence electrons. The molecule has 1 aliphatic heterocycles. The van der Waals surface area contributed by atoms with Gasteiger partial charge in [0.1, 0.15) is 11.3 Å². The van der Waals surface area contributed by atoms with Crippen LogP contribution in [-0.2, 0) is 12.8 Å². The lowest BCUT2D eigenvalue weighted by molar-refractivity contribution is 0.0952. The van der Waals surface area contributed by atoms with Crippen LogP contribution in [0, 0.1) is 6.92 Å². The topological polar surface area (TPSA) is 73.6 Å². The number of hydrogen-bond donors (Lipinski definition) is 1. The first-order valence-electron chi connectivity index (χ1n) is 7.31. The Morgan fingerprint density at radius 3 is 2.95 bits per heavy atom. The second-order valence-electron chi connectivity index (χ2n) is 5.11. The fraction of sp³-hybridized carbons (Fsp3) is 0.375. The lowest BCUT2D eigenvalue weighted by atomic mass is 10.1. The van der Waals surface area contributed by atoms with Crippen LogP contribution in [0.15, 0.2) is 22.7 Å². The summed E-state index contributed by atoms with van der Waals surface area (Å²) in [6.45, 7) is 4.49. The first-order valence-corrected chi connectivity index (χ1v) is 7.31. The average Bonchev–Trinajstić information content (AvgIpc) is 3.12. The standard InChI is InChI=1S/C16H18N2O4/c1-3-12-15(10(2)22-18-12)16(19)17-7-6-11-4-5-13-14(8-11)21-9-20-13/h4-5,8H,3,6-7,9H2,1-2H3,(H,17,19). The zero-order chi connectivity index (χ0) is 15.5. The molecule has 1 aliphatic rings. The smallest absolute Gasteiger partial charge is 0.256 e. The SMILES string of the molecule is CCc1noc(C)c1C(=O)NCCc1ccc2c(c1)OCO2. The van der Waals surface area contributed by atoms with E-state index in [0.717, 1.165) is 17.1 Å². The van der Waals surface area contributed by atoms with Crippen molar-refractivity contribution in [2.24, 2.45) is 0 Å². The van der Waals surface area contributed by atoms with Crippen LogP contribution in [-0.4, -0.2) is 24.4 Å². The molecule has 0 radical (unpaired) electrons. The number of nitrogens with one attached hydrogen (secondary N) is 1. The highest BCUT2D eigenvalue weighted by Crippen LogP contribution is 2.32. The van der Waals surface area contributed by atoms with Crippen molar-refractivity contribution in [3.63, 3.8) is 0 Å². The van der Waals surface area contributed by atoms with E-state index >= 15 is 0 Å². The summed E-state index contributed by atoms with van der Waals surface area (Å²) in [5.74, 6) is 1.93. The van der Waals surface area contributed by atoms with Crippen molar-refractivity contribution in [1.82, 2.24) is 10.5 Å². The molecule has 2 heterocycles. The van der Waals surface area contributed by atoms with Crippen LogP contribution in [0.5, 0.6) is 11.5 Å². The summed E-state index contributed by atoms with van der Waals surface area (Å²) in [4.78, 5) is 12.2. The minimum atomic E-state index is -0.142. The Balaban J connectivity index is 1.59. The summed E-state index contributed by atoms with van der Waals surface area (Å²) in [5, 5.41) is 6.80. The lowest BCUT2D eigenvalue weighted by Crippen LogP contribution is -2.26. The summed E-state index contributed by atoms with van der Waals surface area (Å²) in [5.41, 5.74) is 2.33. The highest BCUT2D eigenvalue weighted by atomic mass is 16.7. The molecule has 6 nitrogen and oxygen atoms in total. The average molecular weight is 302 g/mol. The first kappa shape index (κ1) is 14.4. The molecule has 1 amide bonds. The van der Waals surface area contributed by atoms with Gasteiger partial charge in [0, 0.05) is 6.54 Å². The molecule has 0 bridgehead atoms. The fourth-order valence-corrected chi connectivity index (χ4v) is 2.46. The maximum absolute atomic E-state index is 12.2. The minimum Gasteiger partial charge on any atom is -0.454 e. The molecule has 1 aromatic carbocycles. The number of rotatable bonds is 5. The number of carbonyl (C=O) groups is 1. The van der Waals surface area contributed by atoms with Gasteiger partial charge in [0.05, 0.1) is 5.69 Å². The molecule has 0 fully saturated rings. The molecule has 22 heavy (non-hydrogen) atoms. The summed E-state index contributed by atoms with van der Waals surface area (Å²) < 4.78 is 15.7. The van der Waals surface area contributed by atoms with Crippen molar-refractivity contribution < 1.29 is 18.8 Å². The Labute approximate surface area is 128 Å². The van der Waals surface area contributed by atoms with E-state index in [1.807, 2.05) is 25.1 Å². The summed E-state index contributed by atoms with van der Waals surface area (Å²) in [7, 11) is 0. The van der Waals surface area contributed by atoms with Crippen molar-refractivity contribution in [3.05, 3.63) is 40.8 Å². The Hall–Kier alpha value is -2.50. The zero-order valence-corrected chi connectivity index (χ0v) is 12.6. The Bertz CT molecular complexity index is 693. The molecular weight excluding hydrogens is 284 g/mol. The van der Waals surface area contributed by atoms with Crippen LogP contribution in [0.3, 0.4) is 0 Å². The van der Waals surface area contributed by atoms with Crippen molar-refractivity contribution in [2.75, 3.05) is 13.3 Å². The monoisotopic (exact) mass is 302 g/mol. The van der Waals surface area contributed by atoms with Crippen LogP contribution in [0.25, 0.3) is 0 Å². The molecule has 0 atom stereocenters. The Morgan fingerprint density at radius 1 is 1.32 bits per heavy atom. The summed E-state index contributed by atoms with van der Waals surface area (Å²) >= 11 is 0. The molecule has 0 saturated heterocycles. The van der Waals surface area contributed by atoms with Crippen LogP contribution in [0.2, 0.25) is 0 Å². The van der Waals surface area contributed by atoms with Gasteiger partial charge in [-0.1, -0.05) is 18.1 Å². The first-order chi connectivity index (χ1) is 10.7. The van der Waals surface area contributed by atoms with Crippen molar-refractivity contribution in [3.8, 4) is 11.5 Å². The number of carbonyl (C=O) groups excluding carboxylic acids is 1. The number of hydrogen-bond acceptors (Lipinski definition) is 5. The van der Waals surface area contributed by atoms with Gasteiger partial charge in [0.25, 0.3) is 5.91 Å². The zero-order valence-electron chi connectivity index (χ0n) is 12.6. The number of benzene rings is 1. The molecular formula is C16H18N2O4. The van der Waals surface area contributed by atoms with Crippen molar-refractivity contribution >= 4 is 5.91 Å². The van der Waals surface area contributed by atoms with Gasteiger partial charge >= 0.3 is 0 Å². The number of aryl methyl sites for hydroxylation is 2. The molecule has 0 aliphatic carbocycles. The van der Waals surface area contributed by atoms with Gasteiger partial charge in [0.15, 0.2) is 11.5 Å². The van der Waals surface area contributed by atoms with E-state index in [1.165, 1.54) is 0 Å². The number of aromatic nitrogens is 1. The van der Waals surface area contributed by atoms with Crippen LogP contribution in [0.4, 0.5) is 0 Å². The van der Waals surface area contributed by atoms with Crippen LogP contribution in [0.1, 0.15) is 34.3 Å². The Kier molecular flexibility index (Phi) is 4.00. The van der Waals surface area contributed by atoms with E-state index in [4.69, 9.17) is 14.0 Å². The van der Waals surface area contributed by atoms with Crippen molar-refractivity contribution in [2.45, 2.75) is 26.7 Å². The third-order valence-electron chi connectivity index (χ3n) is 3.63. The largest absolute Gasteiger partial charge is 0.454 e. The highest BCUT2D eigenvalue weighted by molar-refractivity contribution is 5.96. The van der Waals surface area contributed by atoms with Gasteiger partial charge in [-0.2, -0.15) is 0 Å². The molecule has 1 N–H and O–H groups in total. The van der Waals surface area contributed by atoms with Gasteiger partial charge in [-0.15, -0.1) is 0 Å². The van der Waals surface area contributed by atoms with Gasteiger partial charge in [-0.25, -0.2) is 0 Å². The molecule has 1 aromatic heterocycles. The maximum Gasteiger partial charge on any atom is 0.256 e. The molecule has 0 saturated carbocycles. The summed E-state index contributed by atoms with van der Waals surface area (Å²) in [6.07, 6.45) is 1.39. The molecule has 2 aromatic rings. The summed E-state index contributed by atoms with van der Waals surface area (Å²) in [6, 6.07) is 5.80. The van der Waals surface area contributed by atoms with E-state index in [9.17, 15) is 4.79 Å². The lowest BCUT2D eigenvalue weighted by Gasteiger charge is -2.06. The third kappa shape index (κ3) is 2.77. The predicted molar refractivity (Wildman–Crippen MR) is 79.2 cm³/mol. The number of nitrogens with zero attached hydrogens (tertiary/aromatic N) is 1. The number of amides is 1. The molecule has 0 spiro atoms. The van der Waals surface area contributed by atoms with E-state index in [0.29, 0.717) is 36.4 Å². The number of fused-ring (bicyclic) bond motifs is 1. The van der Waals surface area contributed by atoms with E-state index in [1.54, 1.807) is 6.92 Å². The van der Waals surface area contributed by atoms with Crippen LogP contribution < -0.4 is 14.8 Å². The second kappa shape index (κ2) is 6.09. The van der Waals surface area contributed by atoms with Gasteiger partial charge in [-0.05, 0) is 37.5 Å². The Morgan fingerprint density at radius 2 is 2.14 bits per heavy atom. The third-order valence-corrected chi connectivity index (χ3v) is 3.63. The molecule has 6 heteroatoms. The van der Waals surface area contributed by atoms with E-state index < -0.39 is 0 Å². The van der Waals surface area contributed by atoms with Gasteiger partial charge in [-0.3, -0.25) is 4.79 Å². The highest BCUT2D eigenvalue weighted by Gasteiger charge is 2.18. The van der Waals surface area contributed by atoms with Gasteiger partial charge in [0.2, 0.25) is 6.79 Å². The fourth-order valence-electron chi connectivity index (χ4n) is 2.46. The maximum atomic E-state index is 12.2. The molecule has 3 rings (SSSR count). The van der Waals surface area contributed by atoms with Crippen LogP contribution >= 0.6 is 0 Å². The molecule has 0 unspecified atom stereocenters. The van der Waals surface area contributed by atoms with Crippen molar-refractivity contribution in [1.29, 1.82) is 0 Å².